The Labute approximate surface area is 218 Å². The van der Waals surface area contributed by atoms with Gasteiger partial charge in [-0.25, -0.2) is 0 Å². The van der Waals surface area contributed by atoms with Crippen LogP contribution in [0, 0.1) is 19.8 Å². The van der Waals surface area contributed by atoms with E-state index < -0.39 is 0 Å². The molecule has 7 heteroatoms. The van der Waals surface area contributed by atoms with Crippen molar-refractivity contribution in [2.24, 2.45) is 5.92 Å². The lowest BCUT2D eigenvalue weighted by molar-refractivity contribution is -0.144. The number of amides is 1. The molecule has 2 aromatic carbocycles. The van der Waals surface area contributed by atoms with Crippen molar-refractivity contribution in [2.75, 3.05) is 45.2 Å². The molecule has 3 aromatic rings. The van der Waals surface area contributed by atoms with Gasteiger partial charge in [-0.3, -0.25) is 19.4 Å². The number of hydrogen-bond donors (Lipinski definition) is 2. The number of carbonyl (C=O) groups is 2. The van der Waals surface area contributed by atoms with Gasteiger partial charge >= 0.3 is 5.97 Å². The minimum atomic E-state index is -0.309. The summed E-state index contributed by atoms with van der Waals surface area (Å²) in [6, 6.07) is 12.7. The van der Waals surface area contributed by atoms with Crippen LogP contribution in [-0.2, 0) is 20.7 Å². The zero-order valence-corrected chi connectivity index (χ0v) is 22.1. The molecular weight excluding hydrogens is 464 g/mol. The first-order valence-electron chi connectivity index (χ1n) is 13.1. The molecule has 2 heterocycles. The van der Waals surface area contributed by atoms with Gasteiger partial charge in [0.1, 0.15) is 0 Å². The van der Waals surface area contributed by atoms with Crippen molar-refractivity contribution in [1.29, 1.82) is 0 Å². The molecule has 0 unspecified atom stereocenters. The maximum atomic E-state index is 13.1. The fourth-order valence-corrected chi connectivity index (χ4v) is 5.96. The molecular formula is C30H36N4O3. The second-order valence-corrected chi connectivity index (χ2v) is 10.4. The van der Waals surface area contributed by atoms with E-state index in [-0.39, 0.29) is 30.9 Å². The third-order valence-electron chi connectivity index (χ3n) is 7.60. The number of para-hydroxylation sites is 1. The number of likely N-dealkylation sites (N-methyl/N-ethyl adjacent to an activating group) is 1. The first-order chi connectivity index (χ1) is 17.8. The summed E-state index contributed by atoms with van der Waals surface area (Å²) in [5.74, 6) is -0.262. The number of aromatic nitrogens is 1. The average Bonchev–Trinajstić information content (AvgIpc) is 3.27. The van der Waals surface area contributed by atoms with Crippen LogP contribution in [0.1, 0.15) is 29.2 Å². The van der Waals surface area contributed by atoms with Crippen LogP contribution in [-0.4, -0.2) is 72.5 Å². The standard InChI is InChI=1S/C30H36N4O3/c1-5-37-28(36)18-34(17-27(35)32-30-19(2)8-6-9-20(30)3)16-21-12-24-23-10-7-11-25-29(23)22(14-31-25)13-26(24)33(4)15-21/h6-12,14,21,26,31H,5,13,15-18H2,1-4H3,(H,32,35)/t21-,26-/m1/s1. The summed E-state index contributed by atoms with van der Waals surface area (Å²) in [4.78, 5) is 33.3. The van der Waals surface area contributed by atoms with Gasteiger partial charge in [-0.2, -0.15) is 0 Å². The van der Waals surface area contributed by atoms with E-state index in [4.69, 9.17) is 4.74 Å². The molecule has 5 rings (SSSR count). The molecule has 0 spiro atoms. The van der Waals surface area contributed by atoms with Crippen LogP contribution in [0.25, 0.3) is 16.5 Å². The predicted molar refractivity (Wildman–Crippen MR) is 148 cm³/mol. The Kier molecular flexibility index (Phi) is 7.17. The Hall–Kier alpha value is -3.42. The molecule has 2 N–H and O–H groups in total. The van der Waals surface area contributed by atoms with Crippen molar-refractivity contribution in [3.05, 3.63) is 70.9 Å². The van der Waals surface area contributed by atoms with E-state index in [0.717, 1.165) is 29.8 Å². The molecule has 194 valence electrons. The number of fused-ring (bicyclic) bond motifs is 2. The molecule has 0 saturated carbocycles. The summed E-state index contributed by atoms with van der Waals surface area (Å²) in [6.07, 6.45) is 5.49. The zero-order chi connectivity index (χ0) is 26.1. The fourth-order valence-electron chi connectivity index (χ4n) is 5.96. The van der Waals surface area contributed by atoms with E-state index in [1.165, 1.54) is 27.6 Å². The first kappa shape index (κ1) is 25.2. The van der Waals surface area contributed by atoms with Crippen LogP contribution in [0.2, 0.25) is 0 Å². The predicted octanol–water partition coefficient (Wildman–Crippen LogP) is 4.16. The molecule has 1 amide bonds. The lowest BCUT2D eigenvalue weighted by Crippen LogP contribution is -2.47. The van der Waals surface area contributed by atoms with E-state index in [1.807, 2.05) is 36.9 Å². The second kappa shape index (κ2) is 10.5. The van der Waals surface area contributed by atoms with Gasteiger partial charge in [0.25, 0.3) is 0 Å². The topological polar surface area (TPSA) is 77.7 Å². The lowest BCUT2D eigenvalue weighted by atomic mass is 9.80. The largest absolute Gasteiger partial charge is 0.465 e. The van der Waals surface area contributed by atoms with Crippen LogP contribution in [0.4, 0.5) is 5.69 Å². The maximum Gasteiger partial charge on any atom is 0.320 e. The number of esters is 1. The highest BCUT2D eigenvalue weighted by Gasteiger charge is 2.34. The van der Waals surface area contributed by atoms with Gasteiger partial charge in [0.15, 0.2) is 0 Å². The summed E-state index contributed by atoms with van der Waals surface area (Å²) in [5.41, 5.74) is 8.03. The number of ether oxygens (including phenoxy) is 1. The molecule has 2 atom stereocenters. The number of nitrogens with zero attached hydrogens (tertiary/aromatic N) is 2. The highest BCUT2D eigenvalue weighted by Crippen LogP contribution is 2.40. The van der Waals surface area contributed by atoms with Gasteiger partial charge in [0, 0.05) is 47.8 Å². The number of hydrogen-bond acceptors (Lipinski definition) is 5. The lowest BCUT2D eigenvalue weighted by Gasteiger charge is -2.41. The molecule has 1 aromatic heterocycles. The van der Waals surface area contributed by atoms with Crippen LogP contribution in [0.5, 0.6) is 0 Å². The Morgan fingerprint density at radius 1 is 1.14 bits per heavy atom. The van der Waals surface area contributed by atoms with Crippen molar-refractivity contribution < 1.29 is 14.3 Å². The zero-order valence-electron chi connectivity index (χ0n) is 22.1. The van der Waals surface area contributed by atoms with Gasteiger partial charge in [0.2, 0.25) is 5.91 Å². The van der Waals surface area contributed by atoms with E-state index in [2.05, 4.69) is 52.7 Å². The monoisotopic (exact) mass is 500 g/mol. The fraction of sp³-hybridized carbons (Fsp3) is 0.400. The summed E-state index contributed by atoms with van der Waals surface area (Å²) < 4.78 is 5.23. The molecule has 2 aliphatic rings. The van der Waals surface area contributed by atoms with Crippen molar-refractivity contribution in [3.63, 3.8) is 0 Å². The Morgan fingerprint density at radius 2 is 1.89 bits per heavy atom. The van der Waals surface area contributed by atoms with Crippen molar-refractivity contribution in [2.45, 2.75) is 33.2 Å². The number of aryl methyl sites for hydroxylation is 2. The van der Waals surface area contributed by atoms with Crippen LogP contribution < -0.4 is 5.32 Å². The van der Waals surface area contributed by atoms with E-state index in [0.29, 0.717) is 19.2 Å². The van der Waals surface area contributed by atoms with Crippen molar-refractivity contribution >= 4 is 34.0 Å². The average molecular weight is 501 g/mol. The highest BCUT2D eigenvalue weighted by molar-refractivity contribution is 5.98. The van der Waals surface area contributed by atoms with E-state index >= 15 is 0 Å². The van der Waals surface area contributed by atoms with E-state index in [1.54, 1.807) is 6.92 Å². The Bertz CT molecular complexity index is 1340. The minimum absolute atomic E-state index is 0.0817. The second-order valence-electron chi connectivity index (χ2n) is 10.4. The summed E-state index contributed by atoms with van der Waals surface area (Å²) in [7, 11) is 2.17. The smallest absolute Gasteiger partial charge is 0.320 e. The Balaban J connectivity index is 1.38. The summed E-state index contributed by atoms with van der Waals surface area (Å²) in [5, 5.41) is 4.38. The highest BCUT2D eigenvalue weighted by atomic mass is 16.5. The van der Waals surface area contributed by atoms with Crippen LogP contribution in [0.3, 0.4) is 0 Å². The van der Waals surface area contributed by atoms with Gasteiger partial charge in [-0.05, 0) is 68.1 Å². The molecule has 37 heavy (non-hydrogen) atoms. The summed E-state index contributed by atoms with van der Waals surface area (Å²) in [6.45, 7) is 7.75. The normalized spacial score (nSPS) is 19.0. The van der Waals surface area contributed by atoms with Gasteiger partial charge in [-0.1, -0.05) is 36.4 Å². The number of aromatic amines is 1. The Morgan fingerprint density at radius 3 is 2.65 bits per heavy atom. The number of anilines is 1. The molecule has 0 saturated heterocycles. The molecule has 0 bridgehead atoms. The van der Waals surface area contributed by atoms with Crippen LogP contribution >= 0.6 is 0 Å². The minimum Gasteiger partial charge on any atom is -0.465 e. The van der Waals surface area contributed by atoms with Crippen molar-refractivity contribution in [1.82, 2.24) is 14.8 Å². The van der Waals surface area contributed by atoms with Crippen molar-refractivity contribution in [3.8, 4) is 0 Å². The molecule has 1 aliphatic carbocycles. The number of nitrogens with one attached hydrogen (secondary N) is 2. The third-order valence-corrected chi connectivity index (χ3v) is 7.60. The SMILES string of the molecule is CCOC(=O)CN(CC(=O)Nc1c(C)cccc1C)C[C@@H]1C=C2c3cccc4[nH]cc(c34)C[C@H]2N(C)C1. The number of benzene rings is 2. The number of H-pyrrole nitrogens is 1. The quantitative estimate of drug-likeness (QED) is 0.454. The summed E-state index contributed by atoms with van der Waals surface area (Å²) >= 11 is 0. The van der Waals surface area contributed by atoms with Gasteiger partial charge < -0.3 is 15.0 Å². The first-order valence-corrected chi connectivity index (χ1v) is 13.1. The van der Waals surface area contributed by atoms with Gasteiger partial charge in [0.05, 0.1) is 19.7 Å². The third kappa shape index (κ3) is 5.20. The number of rotatable bonds is 8. The molecule has 1 aliphatic heterocycles. The molecule has 0 fully saturated rings. The molecule has 7 nitrogen and oxygen atoms in total. The van der Waals surface area contributed by atoms with E-state index in [9.17, 15) is 9.59 Å². The van der Waals surface area contributed by atoms with Crippen LogP contribution in [0.15, 0.2) is 48.7 Å². The maximum absolute atomic E-state index is 13.1. The number of carbonyl (C=O) groups excluding carboxylic acids is 2. The molecule has 0 radical (unpaired) electrons. The van der Waals surface area contributed by atoms with Gasteiger partial charge in [-0.15, -0.1) is 0 Å².